The van der Waals surface area contributed by atoms with E-state index in [0.717, 1.165) is 22.4 Å². The van der Waals surface area contributed by atoms with E-state index in [2.05, 4.69) is 22.1 Å². The van der Waals surface area contributed by atoms with Crippen LogP contribution < -0.4 is 14.8 Å². The number of carbonyl (C=O) groups is 1. The first kappa shape index (κ1) is 20.7. The van der Waals surface area contributed by atoms with Gasteiger partial charge in [0.2, 0.25) is 0 Å². The maximum absolute atomic E-state index is 11.1. The summed E-state index contributed by atoms with van der Waals surface area (Å²) in [5.41, 5.74) is 2.62. The number of benzene rings is 2. The van der Waals surface area contributed by atoms with E-state index in [0.29, 0.717) is 12.4 Å². The number of alkyl carbamates (subject to hydrolysis) is 1. The molecule has 1 saturated heterocycles. The summed E-state index contributed by atoms with van der Waals surface area (Å²) in [6.07, 6.45) is 2.93. The van der Waals surface area contributed by atoms with Gasteiger partial charge in [-0.15, -0.1) is 0 Å². The van der Waals surface area contributed by atoms with Crippen molar-refractivity contribution in [3.05, 3.63) is 89.7 Å². The molecule has 1 aromatic heterocycles. The van der Waals surface area contributed by atoms with E-state index in [1.165, 1.54) is 0 Å². The minimum absolute atomic E-state index is 0.118. The number of methoxy groups -OCH3 is 2. The number of hydrogen-bond acceptors (Lipinski definition) is 5. The van der Waals surface area contributed by atoms with Crippen molar-refractivity contribution in [3.8, 4) is 23.3 Å². The number of pyridine rings is 1. The van der Waals surface area contributed by atoms with Crippen molar-refractivity contribution in [1.29, 1.82) is 0 Å². The molecule has 30 heavy (non-hydrogen) atoms. The summed E-state index contributed by atoms with van der Waals surface area (Å²) in [5.74, 6) is 7.72. The maximum Gasteiger partial charge on any atom is 0.407 e. The first-order chi connectivity index (χ1) is 14.7. The van der Waals surface area contributed by atoms with E-state index in [4.69, 9.17) is 14.2 Å². The van der Waals surface area contributed by atoms with Crippen LogP contribution in [0.25, 0.3) is 0 Å². The molecule has 0 radical (unpaired) electrons. The van der Waals surface area contributed by atoms with E-state index < -0.39 is 0 Å². The molecule has 6 heteroatoms. The van der Waals surface area contributed by atoms with Crippen LogP contribution in [0.15, 0.2) is 73.1 Å². The third-order valence-electron chi connectivity index (χ3n) is 4.24. The van der Waals surface area contributed by atoms with Crippen molar-refractivity contribution < 1.29 is 19.0 Å². The van der Waals surface area contributed by atoms with Gasteiger partial charge in [-0.25, -0.2) is 4.79 Å². The molecule has 1 atom stereocenters. The highest BCUT2D eigenvalue weighted by molar-refractivity contribution is 5.70. The number of hydrogen-bond donors (Lipinski definition) is 1. The Balaban J connectivity index is 0.000000269. The first-order valence-electron chi connectivity index (χ1n) is 9.31. The molecule has 4 rings (SSSR count). The highest BCUT2D eigenvalue weighted by Crippen LogP contribution is 2.19. The molecule has 3 aromatic rings. The van der Waals surface area contributed by atoms with Crippen LogP contribution in [0.5, 0.6) is 11.5 Å². The van der Waals surface area contributed by atoms with Crippen molar-refractivity contribution in [1.82, 2.24) is 10.3 Å². The Morgan fingerprint density at radius 2 is 1.70 bits per heavy atom. The Hall–Kier alpha value is -3.98. The fourth-order valence-electron chi connectivity index (χ4n) is 2.70. The number of aromatic nitrogens is 1. The van der Waals surface area contributed by atoms with Gasteiger partial charge in [-0.1, -0.05) is 42.2 Å². The summed E-state index contributed by atoms with van der Waals surface area (Å²) in [6, 6.07) is 19.1. The summed E-state index contributed by atoms with van der Waals surface area (Å²) in [6.45, 7) is 0.343. The van der Waals surface area contributed by atoms with E-state index in [1.807, 2.05) is 60.7 Å². The molecular formula is C24H22N2O4. The average molecular weight is 402 g/mol. The zero-order valence-corrected chi connectivity index (χ0v) is 16.8. The number of para-hydroxylation sites is 1. The molecule has 6 nitrogen and oxygen atoms in total. The molecule has 1 N–H and O–H groups in total. The smallest absolute Gasteiger partial charge is 0.407 e. The minimum atomic E-state index is -0.385. The number of amides is 1. The van der Waals surface area contributed by atoms with Crippen LogP contribution in [0.2, 0.25) is 0 Å². The lowest BCUT2D eigenvalue weighted by Crippen LogP contribution is -2.18. The van der Waals surface area contributed by atoms with Gasteiger partial charge < -0.3 is 19.5 Å². The van der Waals surface area contributed by atoms with Crippen molar-refractivity contribution in [3.63, 3.8) is 0 Å². The quantitative estimate of drug-likeness (QED) is 0.672. The highest BCUT2D eigenvalue weighted by Gasteiger charge is 2.23. The Labute approximate surface area is 175 Å². The standard InChI is InChI=1S/C17H14N2O3.C7H8O/c1-21-15-8-13(9-18-10-15)6-5-12-3-2-4-14(7-12)16-11-22-17(20)19-16;1-8-7-5-3-2-4-6-7/h2-4,7-10,16H,11H2,1H3,(H,19,20);2-6H,1H3/t16-;/m0./s1. The molecule has 2 heterocycles. The van der Waals surface area contributed by atoms with Crippen LogP contribution in [0.1, 0.15) is 22.7 Å². The molecule has 2 aromatic carbocycles. The zero-order chi connectivity index (χ0) is 21.2. The molecule has 0 aliphatic carbocycles. The molecule has 0 unspecified atom stereocenters. The van der Waals surface area contributed by atoms with Gasteiger partial charge in [0.05, 0.1) is 26.5 Å². The van der Waals surface area contributed by atoms with Gasteiger partial charge in [-0.3, -0.25) is 4.98 Å². The fourth-order valence-corrected chi connectivity index (χ4v) is 2.70. The maximum atomic E-state index is 11.1. The van der Waals surface area contributed by atoms with E-state index >= 15 is 0 Å². The Morgan fingerprint density at radius 3 is 2.37 bits per heavy atom. The molecule has 1 fully saturated rings. The SMILES string of the molecule is COc1ccccc1.COc1cncc(C#Cc2cccc([C@@H]3COC(=O)N3)c2)c1. The minimum Gasteiger partial charge on any atom is -0.497 e. The van der Waals surface area contributed by atoms with Crippen LogP contribution in [0, 0.1) is 11.8 Å². The van der Waals surface area contributed by atoms with Gasteiger partial charge in [-0.2, -0.15) is 0 Å². The molecule has 1 aliphatic heterocycles. The van der Waals surface area contributed by atoms with Crippen molar-refractivity contribution in [2.45, 2.75) is 6.04 Å². The van der Waals surface area contributed by atoms with Crippen LogP contribution in [0.3, 0.4) is 0 Å². The molecule has 1 aliphatic rings. The van der Waals surface area contributed by atoms with Gasteiger partial charge in [0.15, 0.2) is 0 Å². The Morgan fingerprint density at radius 1 is 0.933 bits per heavy atom. The zero-order valence-electron chi connectivity index (χ0n) is 16.8. The Kier molecular flexibility index (Phi) is 7.28. The van der Waals surface area contributed by atoms with Crippen LogP contribution in [-0.2, 0) is 4.74 Å². The number of nitrogens with one attached hydrogen (secondary N) is 1. The van der Waals surface area contributed by atoms with Crippen LogP contribution >= 0.6 is 0 Å². The van der Waals surface area contributed by atoms with E-state index in [1.54, 1.807) is 26.6 Å². The molecule has 1 amide bonds. The predicted octanol–water partition coefficient (Wildman–Crippen LogP) is 3.97. The van der Waals surface area contributed by atoms with Gasteiger partial charge in [0.1, 0.15) is 18.1 Å². The van der Waals surface area contributed by atoms with Crippen LogP contribution in [-0.4, -0.2) is 31.9 Å². The van der Waals surface area contributed by atoms with Gasteiger partial charge in [0.25, 0.3) is 0 Å². The van der Waals surface area contributed by atoms with Crippen molar-refractivity contribution in [2.24, 2.45) is 0 Å². The van der Waals surface area contributed by atoms with Gasteiger partial charge >= 0.3 is 6.09 Å². The van der Waals surface area contributed by atoms with Crippen LogP contribution in [0.4, 0.5) is 4.79 Å². The van der Waals surface area contributed by atoms with E-state index in [-0.39, 0.29) is 12.1 Å². The number of rotatable bonds is 3. The summed E-state index contributed by atoms with van der Waals surface area (Å²) in [7, 11) is 3.25. The predicted molar refractivity (Wildman–Crippen MR) is 113 cm³/mol. The van der Waals surface area contributed by atoms with Gasteiger partial charge in [0, 0.05) is 17.3 Å². The van der Waals surface area contributed by atoms with E-state index in [9.17, 15) is 4.79 Å². The summed E-state index contributed by atoms with van der Waals surface area (Å²) >= 11 is 0. The lowest BCUT2D eigenvalue weighted by Gasteiger charge is -2.07. The van der Waals surface area contributed by atoms with Crippen molar-refractivity contribution >= 4 is 6.09 Å². The second-order valence-electron chi connectivity index (χ2n) is 6.30. The molecular weight excluding hydrogens is 380 g/mol. The molecule has 0 saturated carbocycles. The number of ether oxygens (including phenoxy) is 3. The lowest BCUT2D eigenvalue weighted by molar-refractivity contribution is 0.177. The van der Waals surface area contributed by atoms with Gasteiger partial charge in [-0.05, 0) is 35.9 Å². The second-order valence-corrected chi connectivity index (χ2v) is 6.30. The Bertz CT molecular complexity index is 1040. The largest absolute Gasteiger partial charge is 0.497 e. The third-order valence-corrected chi connectivity index (χ3v) is 4.24. The summed E-state index contributed by atoms with van der Waals surface area (Å²) in [4.78, 5) is 15.2. The highest BCUT2D eigenvalue weighted by atomic mass is 16.6. The third kappa shape index (κ3) is 6.01. The summed E-state index contributed by atoms with van der Waals surface area (Å²) < 4.78 is 14.9. The number of cyclic esters (lactones) is 1. The monoisotopic (exact) mass is 402 g/mol. The van der Waals surface area contributed by atoms with Crippen molar-refractivity contribution in [2.75, 3.05) is 20.8 Å². The molecule has 0 spiro atoms. The second kappa shape index (κ2) is 10.5. The molecule has 0 bridgehead atoms. The topological polar surface area (TPSA) is 69.7 Å². The average Bonchev–Trinajstić information content (AvgIpc) is 3.25. The number of nitrogens with zero attached hydrogens (tertiary/aromatic N) is 1. The lowest BCUT2D eigenvalue weighted by atomic mass is 10.0. The first-order valence-corrected chi connectivity index (χ1v) is 9.31. The number of carbonyl (C=O) groups excluding carboxylic acids is 1. The fraction of sp³-hybridized carbons (Fsp3) is 0.167. The normalized spacial score (nSPS) is 14.2. The summed E-state index contributed by atoms with van der Waals surface area (Å²) in [5, 5.41) is 2.75. The molecule has 152 valence electrons.